The van der Waals surface area contributed by atoms with Crippen molar-refractivity contribution in [3.8, 4) is 11.5 Å². The number of ether oxygens (including phenoxy) is 2. The first-order chi connectivity index (χ1) is 7.50. The topological polar surface area (TPSA) is 64.6 Å². The van der Waals surface area contributed by atoms with E-state index in [9.17, 15) is 8.42 Å². The predicted molar refractivity (Wildman–Crippen MR) is 58.5 cm³/mol. The normalized spacial score (nSPS) is 19.5. The minimum Gasteiger partial charge on any atom is -0.484 e. The third-order valence-electron chi connectivity index (χ3n) is 2.32. The smallest absolute Gasteiger partial charge is 0.184 e. The van der Waals surface area contributed by atoms with Crippen molar-refractivity contribution >= 4 is 9.84 Å². The van der Waals surface area contributed by atoms with Crippen LogP contribution >= 0.6 is 0 Å². The van der Waals surface area contributed by atoms with Gasteiger partial charge in [-0.05, 0) is 19.2 Å². The molecular formula is C10H13NO4S. The van der Waals surface area contributed by atoms with Crippen molar-refractivity contribution in [2.75, 3.05) is 19.9 Å². The number of hydrogen-bond acceptors (Lipinski definition) is 5. The van der Waals surface area contributed by atoms with Crippen LogP contribution in [0.5, 0.6) is 11.5 Å². The fourth-order valence-corrected chi connectivity index (χ4v) is 2.06. The van der Waals surface area contributed by atoms with Crippen molar-refractivity contribution in [1.29, 1.82) is 0 Å². The molecule has 0 aliphatic carbocycles. The molecule has 0 unspecified atom stereocenters. The van der Waals surface area contributed by atoms with Gasteiger partial charge in [0.05, 0.1) is 4.90 Å². The van der Waals surface area contributed by atoms with Crippen LogP contribution in [0.15, 0.2) is 23.1 Å². The summed E-state index contributed by atoms with van der Waals surface area (Å²) in [5, 5.41) is 2.91. The van der Waals surface area contributed by atoms with Gasteiger partial charge in [-0.1, -0.05) is 0 Å². The second-order valence-electron chi connectivity index (χ2n) is 3.59. The van der Waals surface area contributed by atoms with Crippen LogP contribution in [0.1, 0.15) is 0 Å². The third-order valence-corrected chi connectivity index (χ3v) is 3.43. The fraction of sp³-hybridized carbons (Fsp3) is 0.400. The van der Waals surface area contributed by atoms with E-state index in [0.29, 0.717) is 18.1 Å². The molecule has 6 heteroatoms. The maximum Gasteiger partial charge on any atom is 0.184 e. The molecule has 0 aromatic heterocycles. The van der Waals surface area contributed by atoms with Crippen molar-refractivity contribution in [2.45, 2.75) is 11.1 Å². The lowest BCUT2D eigenvalue weighted by Gasteiger charge is -2.26. The number of rotatable bonds is 2. The lowest BCUT2D eigenvalue weighted by molar-refractivity contribution is 0.0722. The highest BCUT2D eigenvalue weighted by atomic mass is 32.2. The Hall–Kier alpha value is -1.27. The SMILES string of the molecule is CN[C@@H]1COc2ccc(S(C)(=O)=O)cc2O1. The van der Waals surface area contributed by atoms with Crippen LogP contribution in [-0.2, 0) is 9.84 Å². The molecule has 0 saturated heterocycles. The minimum absolute atomic E-state index is 0.228. The molecule has 5 nitrogen and oxygen atoms in total. The van der Waals surface area contributed by atoms with E-state index < -0.39 is 9.84 Å². The average Bonchev–Trinajstić information content (AvgIpc) is 2.26. The van der Waals surface area contributed by atoms with Crippen LogP contribution in [0.25, 0.3) is 0 Å². The fourth-order valence-electron chi connectivity index (χ4n) is 1.43. The van der Waals surface area contributed by atoms with E-state index in [1.165, 1.54) is 12.1 Å². The minimum atomic E-state index is -3.22. The van der Waals surface area contributed by atoms with E-state index in [0.717, 1.165) is 6.26 Å². The number of benzene rings is 1. The highest BCUT2D eigenvalue weighted by Crippen LogP contribution is 2.33. The summed E-state index contributed by atoms with van der Waals surface area (Å²) in [6.07, 6.45) is 0.913. The summed E-state index contributed by atoms with van der Waals surface area (Å²) >= 11 is 0. The van der Waals surface area contributed by atoms with Gasteiger partial charge in [0.2, 0.25) is 0 Å². The summed E-state index contributed by atoms with van der Waals surface area (Å²) in [4.78, 5) is 0.228. The standard InChI is InChI=1S/C10H13NO4S/c1-11-10-6-14-8-4-3-7(16(2,12)13)5-9(8)15-10/h3-5,10-11H,6H2,1-2H3/t10-/m0/s1. The van der Waals surface area contributed by atoms with E-state index in [1.54, 1.807) is 13.1 Å². The molecule has 0 fully saturated rings. The molecule has 16 heavy (non-hydrogen) atoms. The first kappa shape index (κ1) is 11.2. The highest BCUT2D eigenvalue weighted by Gasteiger charge is 2.21. The maximum atomic E-state index is 11.4. The van der Waals surface area contributed by atoms with E-state index in [1.807, 2.05) is 0 Å². The second-order valence-corrected chi connectivity index (χ2v) is 5.60. The highest BCUT2D eigenvalue weighted by molar-refractivity contribution is 7.90. The van der Waals surface area contributed by atoms with Crippen LogP contribution in [-0.4, -0.2) is 34.6 Å². The molecule has 1 N–H and O–H groups in total. The van der Waals surface area contributed by atoms with E-state index in [2.05, 4.69) is 5.32 Å². The van der Waals surface area contributed by atoms with E-state index in [4.69, 9.17) is 9.47 Å². The lowest BCUT2D eigenvalue weighted by atomic mass is 10.3. The van der Waals surface area contributed by atoms with Crippen molar-refractivity contribution in [3.05, 3.63) is 18.2 Å². The first-order valence-corrected chi connectivity index (χ1v) is 6.70. The summed E-state index contributed by atoms with van der Waals surface area (Å²) in [5.41, 5.74) is 0. The molecule has 0 saturated carbocycles. The molecule has 1 aliphatic rings. The molecule has 1 aromatic rings. The van der Waals surface area contributed by atoms with E-state index in [-0.39, 0.29) is 11.1 Å². The number of hydrogen-bond donors (Lipinski definition) is 1. The Morgan fingerprint density at radius 2 is 2.12 bits per heavy atom. The Labute approximate surface area is 94.3 Å². The Bertz CT molecular complexity index is 498. The molecule has 1 heterocycles. The van der Waals surface area contributed by atoms with Crippen LogP contribution < -0.4 is 14.8 Å². The molecule has 2 rings (SSSR count). The molecule has 0 radical (unpaired) electrons. The van der Waals surface area contributed by atoms with Gasteiger partial charge in [0.25, 0.3) is 0 Å². The number of likely N-dealkylation sites (N-methyl/N-ethyl adjacent to an activating group) is 1. The Balaban J connectivity index is 2.38. The van der Waals surface area contributed by atoms with Crippen LogP contribution in [0, 0.1) is 0 Å². The lowest BCUT2D eigenvalue weighted by Crippen LogP contribution is -2.39. The first-order valence-electron chi connectivity index (χ1n) is 4.81. The molecule has 88 valence electrons. The van der Waals surface area contributed by atoms with Gasteiger partial charge < -0.3 is 9.47 Å². The van der Waals surface area contributed by atoms with Gasteiger partial charge in [-0.3, -0.25) is 5.32 Å². The van der Waals surface area contributed by atoms with E-state index >= 15 is 0 Å². The summed E-state index contributed by atoms with van der Waals surface area (Å²) in [6.45, 7) is 0.404. The zero-order valence-corrected chi connectivity index (χ0v) is 9.87. The molecule has 0 amide bonds. The number of fused-ring (bicyclic) bond motifs is 1. The van der Waals surface area contributed by atoms with Gasteiger partial charge in [-0.15, -0.1) is 0 Å². The average molecular weight is 243 g/mol. The van der Waals surface area contributed by atoms with Crippen molar-refractivity contribution in [2.24, 2.45) is 0 Å². The quantitative estimate of drug-likeness (QED) is 0.815. The Kier molecular flexibility index (Phi) is 2.77. The zero-order valence-electron chi connectivity index (χ0n) is 9.06. The monoisotopic (exact) mass is 243 g/mol. The molecule has 1 aliphatic heterocycles. The van der Waals surface area contributed by atoms with Crippen LogP contribution in [0.2, 0.25) is 0 Å². The van der Waals surface area contributed by atoms with Crippen LogP contribution in [0.4, 0.5) is 0 Å². The van der Waals surface area contributed by atoms with Crippen LogP contribution in [0.3, 0.4) is 0 Å². The maximum absolute atomic E-state index is 11.4. The van der Waals surface area contributed by atoms with Gasteiger partial charge in [0.15, 0.2) is 27.6 Å². The van der Waals surface area contributed by atoms with Gasteiger partial charge in [-0.25, -0.2) is 8.42 Å². The summed E-state index contributed by atoms with van der Waals surface area (Å²) < 4.78 is 33.6. The largest absolute Gasteiger partial charge is 0.484 e. The summed E-state index contributed by atoms with van der Waals surface area (Å²) in [7, 11) is -1.47. The zero-order chi connectivity index (χ0) is 11.8. The second kappa shape index (κ2) is 3.95. The molecule has 1 atom stereocenters. The molecule has 0 spiro atoms. The molecular weight excluding hydrogens is 230 g/mol. The van der Waals surface area contributed by atoms with Gasteiger partial charge >= 0.3 is 0 Å². The van der Waals surface area contributed by atoms with Crippen molar-refractivity contribution in [3.63, 3.8) is 0 Å². The van der Waals surface area contributed by atoms with Crippen molar-refractivity contribution in [1.82, 2.24) is 5.32 Å². The van der Waals surface area contributed by atoms with Gasteiger partial charge in [0, 0.05) is 12.3 Å². The summed E-state index contributed by atoms with van der Waals surface area (Å²) in [6, 6.07) is 4.60. The van der Waals surface area contributed by atoms with Gasteiger partial charge in [0.1, 0.15) is 6.61 Å². The third kappa shape index (κ3) is 2.12. The summed E-state index contributed by atoms with van der Waals surface area (Å²) in [5.74, 6) is 1.02. The predicted octanol–water partition coefficient (Wildman–Crippen LogP) is 0.407. The Morgan fingerprint density at radius 3 is 2.75 bits per heavy atom. The van der Waals surface area contributed by atoms with Crippen molar-refractivity contribution < 1.29 is 17.9 Å². The van der Waals surface area contributed by atoms with Gasteiger partial charge in [-0.2, -0.15) is 0 Å². The molecule has 0 bridgehead atoms. The molecule has 1 aromatic carbocycles. The number of sulfone groups is 1. The number of nitrogens with one attached hydrogen (secondary N) is 1. The Morgan fingerprint density at radius 1 is 1.38 bits per heavy atom.